The van der Waals surface area contributed by atoms with Gasteiger partial charge in [-0.2, -0.15) is 0 Å². The molecule has 0 aromatic heterocycles. The highest BCUT2D eigenvalue weighted by Gasteiger charge is 2.26. The van der Waals surface area contributed by atoms with Crippen LogP contribution in [0.1, 0.15) is 187 Å². The van der Waals surface area contributed by atoms with Crippen LogP contribution in [0.5, 0.6) is 0 Å². The Morgan fingerprint density at radius 3 is 1.52 bits per heavy atom. The van der Waals surface area contributed by atoms with Crippen LogP contribution in [-0.4, -0.2) is 75.6 Å². The Morgan fingerprint density at radius 1 is 0.554 bits per heavy atom. The molecule has 2 unspecified atom stereocenters. The average Bonchev–Trinajstić information content (AvgIpc) is 3.15. The molecule has 0 radical (unpaired) electrons. The van der Waals surface area contributed by atoms with Crippen molar-refractivity contribution in [1.82, 2.24) is 0 Å². The van der Waals surface area contributed by atoms with Crippen molar-refractivity contribution in [3.63, 3.8) is 0 Å². The molecule has 56 heavy (non-hydrogen) atoms. The standard InChI is InChI=1S/C47H88NO7P/c1-6-8-10-12-14-16-18-20-22-23-24-25-26-27-29-31-33-35-37-39-42-52-44-46(45-54-56(50,51)53-43-41-48(3,4)5)55-47(49)40-38-36-34-32-30-28-21-19-17-15-13-11-9-7-2/h14,16,19-22,24-25,46H,6-13,15,17-18,23,26-45H2,1-5H3/p+1/b16-14-,21-19-,22-20-,25-24-. The molecule has 9 heteroatoms. The minimum Gasteiger partial charge on any atom is -0.457 e. The summed E-state index contributed by atoms with van der Waals surface area (Å²) < 4.78 is 35.0. The first-order chi connectivity index (χ1) is 27.1. The van der Waals surface area contributed by atoms with Crippen LogP contribution >= 0.6 is 7.82 Å². The van der Waals surface area contributed by atoms with Crippen LogP contribution in [0.4, 0.5) is 0 Å². The van der Waals surface area contributed by atoms with Crippen molar-refractivity contribution in [3.8, 4) is 0 Å². The Morgan fingerprint density at radius 2 is 0.982 bits per heavy atom. The number of nitrogens with zero attached hydrogens (tertiary/aromatic N) is 1. The molecule has 0 amide bonds. The van der Waals surface area contributed by atoms with Crippen LogP contribution in [0.2, 0.25) is 0 Å². The zero-order chi connectivity index (χ0) is 41.3. The third-order valence-electron chi connectivity index (χ3n) is 9.61. The van der Waals surface area contributed by atoms with Gasteiger partial charge in [-0.05, 0) is 77.0 Å². The predicted molar refractivity (Wildman–Crippen MR) is 238 cm³/mol. The number of ether oxygens (including phenoxy) is 2. The summed E-state index contributed by atoms with van der Waals surface area (Å²) in [5, 5.41) is 0. The molecule has 0 aromatic carbocycles. The highest BCUT2D eigenvalue weighted by molar-refractivity contribution is 7.47. The second-order valence-corrected chi connectivity index (χ2v) is 17.9. The van der Waals surface area contributed by atoms with E-state index >= 15 is 0 Å². The van der Waals surface area contributed by atoms with Crippen molar-refractivity contribution in [1.29, 1.82) is 0 Å². The molecule has 2 atom stereocenters. The lowest BCUT2D eigenvalue weighted by Gasteiger charge is -2.24. The van der Waals surface area contributed by atoms with Crippen LogP contribution in [0.3, 0.4) is 0 Å². The van der Waals surface area contributed by atoms with E-state index in [1.165, 1.54) is 103 Å². The minimum absolute atomic E-state index is 0.0836. The maximum atomic E-state index is 12.7. The van der Waals surface area contributed by atoms with Gasteiger partial charge >= 0.3 is 13.8 Å². The van der Waals surface area contributed by atoms with E-state index in [-0.39, 0.29) is 25.8 Å². The number of phosphoric acid groups is 1. The van der Waals surface area contributed by atoms with Crippen LogP contribution in [0, 0.1) is 0 Å². The summed E-state index contributed by atoms with van der Waals surface area (Å²) in [5.74, 6) is -0.327. The molecule has 8 nitrogen and oxygen atoms in total. The van der Waals surface area contributed by atoms with E-state index in [1.807, 2.05) is 21.1 Å². The molecular formula is C47H89NO7P+. The Bertz CT molecular complexity index is 1040. The number of carbonyl (C=O) groups excluding carboxylic acids is 1. The molecule has 0 aliphatic heterocycles. The third kappa shape index (κ3) is 43.6. The van der Waals surface area contributed by atoms with Crippen molar-refractivity contribution >= 4 is 13.8 Å². The van der Waals surface area contributed by atoms with Gasteiger partial charge < -0.3 is 18.9 Å². The topological polar surface area (TPSA) is 91.3 Å². The minimum atomic E-state index is -4.28. The fourth-order valence-electron chi connectivity index (χ4n) is 6.02. The van der Waals surface area contributed by atoms with Gasteiger partial charge in [0.1, 0.15) is 19.3 Å². The van der Waals surface area contributed by atoms with E-state index in [0.717, 1.165) is 64.2 Å². The molecule has 0 saturated heterocycles. The molecule has 0 rings (SSSR count). The van der Waals surface area contributed by atoms with Gasteiger partial charge in [-0.25, -0.2) is 4.57 Å². The molecule has 0 aliphatic rings. The quantitative estimate of drug-likeness (QED) is 0.0216. The number of allylic oxidation sites excluding steroid dienone is 8. The maximum Gasteiger partial charge on any atom is 0.472 e. The summed E-state index contributed by atoms with van der Waals surface area (Å²) in [5.41, 5.74) is 0. The molecule has 0 heterocycles. The summed E-state index contributed by atoms with van der Waals surface area (Å²) in [7, 11) is 1.65. The number of rotatable bonds is 42. The predicted octanol–water partition coefficient (Wildman–Crippen LogP) is 13.6. The molecule has 0 saturated carbocycles. The van der Waals surface area contributed by atoms with Gasteiger partial charge in [0.15, 0.2) is 0 Å². The first-order valence-corrected chi connectivity index (χ1v) is 24.4. The third-order valence-corrected chi connectivity index (χ3v) is 10.6. The molecule has 0 aliphatic carbocycles. The zero-order valence-corrected chi connectivity index (χ0v) is 38.0. The van der Waals surface area contributed by atoms with E-state index in [2.05, 4.69) is 62.5 Å². The average molecular weight is 811 g/mol. The van der Waals surface area contributed by atoms with E-state index < -0.39 is 13.9 Å². The van der Waals surface area contributed by atoms with Gasteiger partial charge in [-0.1, -0.05) is 152 Å². The van der Waals surface area contributed by atoms with E-state index in [1.54, 1.807) is 0 Å². The summed E-state index contributed by atoms with van der Waals surface area (Å²) in [6.45, 7) is 5.55. The van der Waals surface area contributed by atoms with Crippen LogP contribution < -0.4 is 0 Å². The lowest BCUT2D eigenvalue weighted by molar-refractivity contribution is -0.870. The van der Waals surface area contributed by atoms with Crippen molar-refractivity contribution < 1.29 is 37.3 Å². The van der Waals surface area contributed by atoms with Crippen LogP contribution in [0.25, 0.3) is 0 Å². The van der Waals surface area contributed by atoms with Crippen molar-refractivity contribution in [2.24, 2.45) is 0 Å². The number of quaternary nitrogens is 1. The smallest absolute Gasteiger partial charge is 0.457 e. The Labute approximate surface area is 346 Å². The first kappa shape index (κ1) is 54.5. The molecule has 0 spiro atoms. The second kappa shape index (κ2) is 40.2. The number of carbonyl (C=O) groups is 1. The molecular weight excluding hydrogens is 721 g/mol. The van der Waals surface area contributed by atoms with Crippen LogP contribution in [0.15, 0.2) is 48.6 Å². The number of unbranched alkanes of at least 4 members (excludes halogenated alkanes) is 20. The molecule has 1 N–H and O–H groups in total. The SMILES string of the molecule is CCCCC/C=C\C/C=C\C/C=C\CCCCCCCCCOCC(COP(=O)(O)OCC[N+](C)(C)C)OC(=O)CCCCCCC/C=C\CCCCCCC. The lowest BCUT2D eigenvalue weighted by Crippen LogP contribution is -2.37. The number of likely N-dealkylation sites (N-methyl/N-ethyl adjacent to an activating group) is 1. The van der Waals surface area contributed by atoms with Gasteiger partial charge in [-0.3, -0.25) is 13.8 Å². The van der Waals surface area contributed by atoms with E-state index in [4.69, 9.17) is 18.5 Å². The van der Waals surface area contributed by atoms with Gasteiger partial charge in [0.05, 0.1) is 34.4 Å². The van der Waals surface area contributed by atoms with Crippen molar-refractivity contribution in [3.05, 3.63) is 48.6 Å². The zero-order valence-electron chi connectivity index (χ0n) is 37.1. The molecule has 0 aromatic rings. The van der Waals surface area contributed by atoms with E-state index in [9.17, 15) is 14.3 Å². The maximum absolute atomic E-state index is 12.7. The summed E-state index contributed by atoms with van der Waals surface area (Å²) >= 11 is 0. The van der Waals surface area contributed by atoms with E-state index in [0.29, 0.717) is 24.1 Å². The summed E-state index contributed by atoms with van der Waals surface area (Å²) in [6, 6.07) is 0. The van der Waals surface area contributed by atoms with Gasteiger partial charge in [0.2, 0.25) is 0 Å². The number of hydrogen-bond acceptors (Lipinski definition) is 6. The van der Waals surface area contributed by atoms with Gasteiger partial charge in [0, 0.05) is 13.0 Å². The molecule has 0 fully saturated rings. The number of phosphoric ester groups is 1. The van der Waals surface area contributed by atoms with Crippen LogP contribution in [-0.2, 0) is 27.9 Å². The fraction of sp³-hybridized carbons (Fsp3) is 0.809. The summed E-state index contributed by atoms with van der Waals surface area (Å²) in [6.07, 6.45) is 48.5. The monoisotopic (exact) mass is 811 g/mol. The largest absolute Gasteiger partial charge is 0.472 e. The lowest BCUT2D eigenvalue weighted by atomic mass is 10.1. The molecule has 0 bridgehead atoms. The van der Waals surface area contributed by atoms with Gasteiger partial charge in [0.25, 0.3) is 0 Å². The highest BCUT2D eigenvalue weighted by Crippen LogP contribution is 2.43. The van der Waals surface area contributed by atoms with Crippen molar-refractivity contribution in [2.45, 2.75) is 193 Å². The van der Waals surface area contributed by atoms with Crippen molar-refractivity contribution in [2.75, 3.05) is 54.1 Å². The van der Waals surface area contributed by atoms with Gasteiger partial charge in [-0.15, -0.1) is 0 Å². The molecule has 328 valence electrons. The first-order valence-electron chi connectivity index (χ1n) is 22.9. The normalized spacial score (nSPS) is 14.2. The number of hydrogen-bond donors (Lipinski definition) is 1. The Hall–Kier alpha value is -1.54. The summed E-state index contributed by atoms with van der Waals surface area (Å²) in [4.78, 5) is 22.9. The Kier molecular flexibility index (Phi) is 39.1. The Balaban J connectivity index is 4.23. The fourth-order valence-corrected chi connectivity index (χ4v) is 6.77. The second-order valence-electron chi connectivity index (χ2n) is 16.4. The highest BCUT2D eigenvalue weighted by atomic mass is 31.2. The number of esters is 1.